The Balaban J connectivity index is 2.74. The minimum atomic E-state index is 0.456. The van der Waals surface area contributed by atoms with E-state index in [2.05, 4.69) is 18.9 Å². The molecule has 0 aromatic carbocycles. The average molecular weight is 139 g/mol. The molecule has 0 saturated carbocycles. The molecular weight excluding hydrogens is 126 g/mol. The van der Waals surface area contributed by atoms with Crippen molar-refractivity contribution in [1.82, 2.24) is 9.78 Å². The summed E-state index contributed by atoms with van der Waals surface area (Å²) in [6.45, 7) is 4.25. The molecule has 10 heavy (non-hydrogen) atoms. The van der Waals surface area contributed by atoms with E-state index in [1.807, 2.05) is 10.9 Å². The average Bonchev–Trinajstić information content (AvgIpc) is 2.34. The van der Waals surface area contributed by atoms with Crippen LogP contribution < -0.4 is 5.73 Å². The lowest BCUT2D eigenvalue weighted by Crippen LogP contribution is -2.03. The second kappa shape index (κ2) is 2.73. The molecule has 1 atom stereocenters. The molecule has 56 valence electrons. The van der Waals surface area contributed by atoms with Gasteiger partial charge in [-0.25, -0.2) is 0 Å². The Morgan fingerprint density at radius 1 is 1.80 bits per heavy atom. The highest BCUT2D eigenvalue weighted by Crippen LogP contribution is 2.09. The molecular formula is C7H13N3. The maximum Gasteiger partial charge on any atom is 0.0719 e. The van der Waals surface area contributed by atoms with Crippen LogP contribution in [-0.2, 0) is 0 Å². The van der Waals surface area contributed by atoms with Gasteiger partial charge >= 0.3 is 0 Å². The van der Waals surface area contributed by atoms with E-state index in [-0.39, 0.29) is 0 Å². The molecule has 0 unspecified atom stereocenters. The van der Waals surface area contributed by atoms with Crippen molar-refractivity contribution in [2.75, 3.05) is 5.73 Å². The van der Waals surface area contributed by atoms with Gasteiger partial charge in [-0.3, -0.25) is 4.68 Å². The smallest absolute Gasteiger partial charge is 0.0719 e. The highest BCUT2D eigenvalue weighted by Gasteiger charge is 2.00. The minimum Gasteiger partial charge on any atom is -0.396 e. The van der Waals surface area contributed by atoms with Gasteiger partial charge in [-0.2, -0.15) is 5.10 Å². The fourth-order valence-electron chi connectivity index (χ4n) is 0.781. The van der Waals surface area contributed by atoms with Crippen LogP contribution in [0.1, 0.15) is 26.3 Å². The number of nitrogens with two attached hydrogens (primary N) is 1. The normalized spacial score (nSPS) is 13.4. The van der Waals surface area contributed by atoms with Crippen molar-refractivity contribution in [1.29, 1.82) is 0 Å². The van der Waals surface area contributed by atoms with Crippen LogP contribution in [0.25, 0.3) is 0 Å². The molecule has 0 radical (unpaired) electrons. The second-order valence-electron chi connectivity index (χ2n) is 2.51. The summed E-state index contributed by atoms with van der Waals surface area (Å²) in [5, 5.41) is 4.08. The summed E-state index contributed by atoms with van der Waals surface area (Å²) in [5.41, 5.74) is 6.22. The Hall–Kier alpha value is -0.990. The highest BCUT2D eigenvalue weighted by atomic mass is 15.3. The lowest BCUT2D eigenvalue weighted by molar-refractivity contribution is 0.478. The van der Waals surface area contributed by atoms with Crippen LogP contribution in [0.2, 0.25) is 0 Å². The maximum absolute atomic E-state index is 5.49. The molecule has 2 N–H and O–H groups in total. The highest BCUT2D eigenvalue weighted by molar-refractivity contribution is 5.30. The van der Waals surface area contributed by atoms with Crippen LogP contribution in [0.4, 0.5) is 5.69 Å². The molecule has 1 rings (SSSR count). The Kier molecular flexibility index (Phi) is 1.94. The summed E-state index contributed by atoms with van der Waals surface area (Å²) in [6, 6.07) is 0.456. The van der Waals surface area contributed by atoms with E-state index < -0.39 is 0 Å². The number of anilines is 1. The van der Waals surface area contributed by atoms with E-state index in [4.69, 9.17) is 5.73 Å². The molecule has 1 aromatic heterocycles. The third-order valence-electron chi connectivity index (χ3n) is 1.66. The fourth-order valence-corrected chi connectivity index (χ4v) is 0.781. The Labute approximate surface area is 60.8 Å². The number of aromatic nitrogens is 2. The topological polar surface area (TPSA) is 43.8 Å². The molecule has 3 heteroatoms. The standard InChI is InChI=1S/C7H13N3/c1-3-6(2)10-5-7(8)4-9-10/h4-6H,3,8H2,1-2H3/t6-/m0/s1. The SMILES string of the molecule is CC[C@H](C)n1cc(N)cn1. The molecule has 0 amide bonds. The number of rotatable bonds is 2. The van der Waals surface area contributed by atoms with Crippen molar-refractivity contribution < 1.29 is 0 Å². The van der Waals surface area contributed by atoms with E-state index in [9.17, 15) is 0 Å². The van der Waals surface area contributed by atoms with Crippen LogP contribution in [0.5, 0.6) is 0 Å². The molecule has 0 aliphatic heterocycles. The van der Waals surface area contributed by atoms with Gasteiger partial charge in [0.15, 0.2) is 0 Å². The lowest BCUT2D eigenvalue weighted by Gasteiger charge is -2.07. The molecule has 1 heterocycles. The van der Waals surface area contributed by atoms with Crippen molar-refractivity contribution in [3.05, 3.63) is 12.4 Å². The molecule has 0 bridgehead atoms. The van der Waals surface area contributed by atoms with Crippen LogP contribution >= 0.6 is 0 Å². The number of nitrogens with zero attached hydrogens (tertiary/aromatic N) is 2. The van der Waals surface area contributed by atoms with Gasteiger partial charge in [-0.05, 0) is 13.3 Å². The molecule has 0 fully saturated rings. The summed E-state index contributed by atoms with van der Waals surface area (Å²) >= 11 is 0. The van der Waals surface area contributed by atoms with E-state index in [1.54, 1.807) is 6.20 Å². The predicted molar refractivity (Wildman–Crippen MR) is 41.6 cm³/mol. The van der Waals surface area contributed by atoms with Crippen molar-refractivity contribution in [3.8, 4) is 0 Å². The Morgan fingerprint density at radius 3 is 2.90 bits per heavy atom. The van der Waals surface area contributed by atoms with Gasteiger partial charge < -0.3 is 5.73 Å². The number of hydrogen-bond donors (Lipinski definition) is 1. The number of nitrogen functional groups attached to an aromatic ring is 1. The summed E-state index contributed by atoms with van der Waals surface area (Å²) in [5.74, 6) is 0. The van der Waals surface area contributed by atoms with Crippen molar-refractivity contribution in [2.24, 2.45) is 0 Å². The van der Waals surface area contributed by atoms with Crippen molar-refractivity contribution in [3.63, 3.8) is 0 Å². The second-order valence-corrected chi connectivity index (χ2v) is 2.51. The van der Waals surface area contributed by atoms with Gasteiger partial charge in [0.2, 0.25) is 0 Å². The van der Waals surface area contributed by atoms with Gasteiger partial charge in [0.25, 0.3) is 0 Å². The largest absolute Gasteiger partial charge is 0.396 e. The van der Waals surface area contributed by atoms with Crippen LogP contribution in [0, 0.1) is 0 Å². The monoisotopic (exact) mass is 139 g/mol. The quantitative estimate of drug-likeness (QED) is 0.673. The van der Waals surface area contributed by atoms with Crippen LogP contribution in [0.15, 0.2) is 12.4 Å². The summed E-state index contributed by atoms with van der Waals surface area (Å²) in [6.07, 6.45) is 4.61. The molecule has 0 spiro atoms. The zero-order valence-electron chi connectivity index (χ0n) is 6.41. The minimum absolute atomic E-state index is 0.456. The van der Waals surface area contributed by atoms with Crippen LogP contribution in [-0.4, -0.2) is 9.78 Å². The first kappa shape index (κ1) is 7.12. The third-order valence-corrected chi connectivity index (χ3v) is 1.66. The molecule has 0 aliphatic carbocycles. The van der Waals surface area contributed by atoms with Crippen molar-refractivity contribution in [2.45, 2.75) is 26.3 Å². The first-order valence-electron chi connectivity index (χ1n) is 3.53. The van der Waals surface area contributed by atoms with Gasteiger partial charge in [-0.15, -0.1) is 0 Å². The van der Waals surface area contributed by atoms with Gasteiger partial charge in [-0.1, -0.05) is 6.92 Å². The first-order valence-corrected chi connectivity index (χ1v) is 3.53. The molecule has 0 saturated heterocycles. The molecule has 3 nitrogen and oxygen atoms in total. The van der Waals surface area contributed by atoms with Gasteiger partial charge in [0.1, 0.15) is 0 Å². The number of hydrogen-bond acceptors (Lipinski definition) is 2. The Morgan fingerprint density at radius 2 is 2.50 bits per heavy atom. The van der Waals surface area contributed by atoms with E-state index in [0.717, 1.165) is 12.1 Å². The summed E-state index contributed by atoms with van der Waals surface area (Å²) < 4.78 is 1.88. The third kappa shape index (κ3) is 1.29. The molecule has 1 aromatic rings. The zero-order valence-corrected chi connectivity index (χ0v) is 6.41. The lowest BCUT2D eigenvalue weighted by atomic mass is 10.3. The summed E-state index contributed by atoms with van der Waals surface area (Å²) in [7, 11) is 0. The first-order chi connectivity index (χ1) is 4.74. The van der Waals surface area contributed by atoms with Crippen molar-refractivity contribution >= 4 is 5.69 Å². The zero-order chi connectivity index (χ0) is 7.56. The Bertz CT molecular complexity index is 204. The van der Waals surface area contributed by atoms with E-state index in [0.29, 0.717) is 6.04 Å². The van der Waals surface area contributed by atoms with Gasteiger partial charge in [0.05, 0.1) is 11.9 Å². The molecule has 0 aliphatic rings. The van der Waals surface area contributed by atoms with E-state index in [1.165, 1.54) is 0 Å². The predicted octanol–water partition coefficient (Wildman–Crippen LogP) is 1.44. The summed E-state index contributed by atoms with van der Waals surface area (Å²) in [4.78, 5) is 0. The maximum atomic E-state index is 5.49. The fraction of sp³-hybridized carbons (Fsp3) is 0.571. The van der Waals surface area contributed by atoms with E-state index >= 15 is 0 Å². The van der Waals surface area contributed by atoms with Crippen LogP contribution in [0.3, 0.4) is 0 Å². The van der Waals surface area contributed by atoms with Gasteiger partial charge in [0, 0.05) is 12.2 Å².